The second-order valence-corrected chi connectivity index (χ2v) is 4.35. The fourth-order valence-electron chi connectivity index (χ4n) is 1.47. The molecule has 0 fully saturated rings. The first-order valence-corrected chi connectivity index (χ1v) is 6.88. The quantitative estimate of drug-likeness (QED) is 0.399. The van der Waals surface area contributed by atoms with Gasteiger partial charge in [0.15, 0.2) is 0 Å². The third-order valence-corrected chi connectivity index (χ3v) is 2.72. The lowest BCUT2D eigenvalue weighted by molar-refractivity contribution is 0.0202. The molecule has 1 N–H and O–H groups in total. The molecule has 8 heteroatoms. The average molecular weight is 302 g/mol. The number of benzene rings is 1. The Labute approximate surface area is 119 Å². The molecule has 0 saturated carbocycles. The molecule has 112 valence electrons. The zero-order chi connectivity index (χ0) is 14.8. The van der Waals surface area contributed by atoms with Gasteiger partial charge >= 0.3 is 5.97 Å². The molecule has 0 spiro atoms. The molecule has 7 nitrogen and oxygen atoms in total. The molecule has 0 radical (unpaired) electrons. The monoisotopic (exact) mass is 302 g/mol. The zero-order valence-corrected chi connectivity index (χ0v) is 11.8. The minimum absolute atomic E-state index is 0.0303. The highest BCUT2D eigenvalue weighted by atomic mass is 32.2. The zero-order valence-electron chi connectivity index (χ0n) is 11.0. The molecule has 0 aromatic heterocycles. The van der Waals surface area contributed by atoms with E-state index in [0.717, 1.165) is 0 Å². The molecule has 1 aromatic carbocycles. The molecule has 0 amide bonds. The van der Waals surface area contributed by atoms with Crippen LogP contribution in [0.15, 0.2) is 24.3 Å². The van der Waals surface area contributed by atoms with Gasteiger partial charge in [0.2, 0.25) is 0 Å². The highest BCUT2D eigenvalue weighted by Crippen LogP contribution is 2.11. The summed E-state index contributed by atoms with van der Waals surface area (Å²) in [4.78, 5) is 16.7. The molecule has 0 heterocycles. The first-order chi connectivity index (χ1) is 9.65. The van der Waals surface area contributed by atoms with Crippen LogP contribution in [0.1, 0.15) is 15.9 Å². The molecule has 1 rings (SSSR count). The van der Waals surface area contributed by atoms with Crippen molar-refractivity contribution in [3.63, 3.8) is 0 Å². The predicted octanol–water partition coefficient (Wildman–Crippen LogP) is 0.348. The molecule has 1 unspecified atom stereocenters. The van der Waals surface area contributed by atoms with Gasteiger partial charge in [-0.2, -0.15) is 5.48 Å². The van der Waals surface area contributed by atoms with Crippen LogP contribution in [0.2, 0.25) is 0 Å². The molecule has 0 aliphatic heterocycles. The number of hydroxylamine groups is 1. The summed E-state index contributed by atoms with van der Waals surface area (Å²) < 4.78 is 29.8. The normalized spacial score (nSPS) is 12.1. The van der Waals surface area contributed by atoms with E-state index in [1.165, 1.54) is 0 Å². The van der Waals surface area contributed by atoms with E-state index in [9.17, 15) is 13.6 Å². The van der Waals surface area contributed by atoms with Crippen LogP contribution >= 0.6 is 0 Å². The molecule has 0 aliphatic carbocycles. The Morgan fingerprint density at radius 2 is 2.10 bits per heavy atom. The Bertz CT molecular complexity index is 453. The van der Waals surface area contributed by atoms with Crippen LogP contribution < -0.4 is 5.48 Å². The molecular formula is C12H16NO6S-. The van der Waals surface area contributed by atoms with Crippen molar-refractivity contribution in [3.05, 3.63) is 35.4 Å². The lowest BCUT2D eigenvalue weighted by atomic mass is 10.1. The van der Waals surface area contributed by atoms with Crippen LogP contribution in [0.3, 0.4) is 0 Å². The first kappa shape index (κ1) is 16.7. The summed E-state index contributed by atoms with van der Waals surface area (Å²) in [6.07, 6.45) is 0.289. The standard InChI is InChI=1S/C12H17NO6S/c1-17-9-7-13-19-12(14)11-5-3-2-4-10(11)6-8-18-20(15)16/h2-5,13H,6-9H2,1H3,(H,15,16)/p-1. The van der Waals surface area contributed by atoms with Crippen LogP contribution in [0, 0.1) is 0 Å². The van der Waals surface area contributed by atoms with Gasteiger partial charge in [0.25, 0.3) is 0 Å². The average Bonchev–Trinajstić information content (AvgIpc) is 2.43. The van der Waals surface area contributed by atoms with Crippen LogP contribution in [0.25, 0.3) is 0 Å². The first-order valence-electron chi connectivity index (χ1n) is 5.88. The maximum atomic E-state index is 11.8. The highest BCUT2D eigenvalue weighted by molar-refractivity contribution is 7.74. The third-order valence-electron chi connectivity index (χ3n) is 2.36. The lowest BCUT2D eigenvalue weighted by Crippen LogP contribution is -2.24. The van der Waals surface area contributed by atoms with Gasteiger partial charge in [-0.3, -0.25) is 0 Å². The van der Waals surface area contributed by atoms with Crippen molar-refractivity contribution in [1.29, 1.82) is 0 Å². The predicted molar refractivity (Wildman–Crippen MR) is 70.3 cm³/mol. The summed E-state index contributed by atoms with van der Waals surface area (Å²) in [5.41, 5.74) is 3.49. The van der Waals surface area contributed by atoms with Crippen molar-refractivity contribution < 1.29 is 27.3 Å². The van der Waals surface area contributed by atoms with E-state index in [1.54, 1.807) is 31.4 Å². The van der Waals surface area contributed by atoms with Gasteiger partial charge in [0.05, 0.1) is 36.7 Å². The minimum Gasteiger partial charge on any atom is -0.750 e. The topological polar surface area (TPSA) is 96.9 Å². The van der Waals surface area contributed by atoms with E-state index in [2.05, 4.69) is 9.66 Å². The maximum absolute atomic E-state index is 11.8. The maximum Gasteiger partial charge on any atom is 0.357 e. The Hall–Kier alpha value is -1.32. The van der Waals surface area contributed by atoms with E-state index >= 15 is 0 Å². The van der Waals surface area contributed by atoms with Gasteiger partial charge in [0.1, 0.15) is 0 Å². The Kier molecular flexibility index (Phi) is 8.00. The summed E-state index contributed by atoms with van der Waals surface area (Å²) in [7, 11) is 1.54. The molecule has 0 aliphatic rings. The largest absolute Gasteiger partial charge is 0.750 e. The van der Waals surface area contributed by atoms with Crippen molar-refractivity contribution in [2.45, 2.75) is 6.42 Å². The van der Waals surface area contributed by atoms with Crippen LogP contribution in [-0.2, 0) is 31.5 Å². The fourth-order valence-corrected chi connectivity index (χ4v) is 1.69. The van der Waals surface area contributed by atoms with Gasteiger partial charge in [-0.1, -0.05) is 18.2 Å². The van der Waals surface area contributed by atoms with Gasteiger partial charge in [-0.05, 0) is 18.1 Å². The van der Waals surface area contributed by atoms with Crippen molar-refractivity contribution in [2.24, 2.45) is 0 Å². The number of methoxy groups -OCH3 is 1. The molecule has 20 heavy (non-hydrogen) atoms. The van der Waals surface area contributed by atoms with E-state index in [1.807, 2.05) is 0 Å². The Morgan fingerprint density at radius 3 is 2.80 bits per heavy atom. The molecule has 1 atom stereocenters. The number of rotatable bonds is 9. The van der Waals surface area contributed by atoms with Crippen molar-refractivity contribution in [3.8, 4) is 0 Å². The summed E-state index contributed by atoms with van der Waals surface area (Å²) in [6, 6.07) is 6.76. The van der Waals surface area contributed by atoms with Crippen LogP contribution in [-0.4, -0.2) is 41.6 Å². The van der Waals surface area contributed by atoms with Crippen molar-refractivity contribution in [1.82, 2.24) is 5.48 Å². The van der Waals surface area contributed by atoms with Crippen LogP contribution in [0.4, 0.5) is 0 Å². The number of nitrogens with one attached hydrogen (secondary N) is 1. The molecule has 0 saturated heterocycles. The van der Waals surface area contributed by atoms with Crippen molar-refractivity contribution in [2.75, 3.05) is 26.9 Å². The summed E-state index contributed by atoms with van der Waals surface area (Å²) in [5.74, 6) is -0.542. The second-order valence-electron chi connectivity index (χ2n) is 3.71. The highest BCUT2D eigenvalue weighted by Gasteiger charge is 2.12. The van der Waals surface area contributed by atoms with E-state index in [0.29, 0.717) is 24.3 Å². The van der Waals surface area contributed by atoms with Crippen molar-refractivity contribution >= 4 is 17.3 Å². The van der Waals surface area contributed by atoms with E-state index in [4.69, 9.17) is 9.57 Å². The van der Waals surface area contributed by atoms with E-state index < -0.39 is 17.3 Å². The SMILES string of the molecule is COCCNOC(=O)c1ccccc1CCOS(=O)[O-]. The second kappa shape index (κ2) is 9.56. The fraction of sp³-hybridized carbons (Fsp3) is 0.417. The van der Waals surface area contributed by atoms with Gasteiger partial charge in [-0.15, -0.1) is 0 Å². The summed E-state index contributed by atoms with van der Waals surface area (Å²) in [5, 5.41) is 0. The molecular weight excluding hydrogens is 286 g/mol. The third kappa shape index (κ3) is 6.22. The number of carbonyl (C=O) groups excluding carboxylic acids is 1. The Morgan fingerprint density at radius 1 is 1.35 bits per heavy atom. The smallest absolute Gasteiger partial charge is 0.357 e. The number of hydrogen-bond acceptors (Lipinski definition) is 7. The minimum atomic E-state index is -2.56. The Balaban J connectivity index is 2.55. The number of ether oxygens (including phenoxy) is 1. The molecule has 1 aromatic rings. The number of carbonyl (C=O) groups is 1. The van der Waals surface area contributed by atoms with Gasteiger partial charge in [0, 0.05) is 7.11 Å². The van der Waals surface area contributed by atoms with Crippen LogP contribution in [0.5, 0.6) is 0 Å². The van der Waals surface area contributed by atoms with E-state index in [-0.39, 0.29) is 13.0 Å². The lowest BCUT2D eigenvalue weighted by Gasteiger charge is -2.10. The van der Waals surface area contributed by atoms with Gasteiger partial charge < -0.3 is 18.3 Å². The number of hydrogen-bond donors (Lipinski definition) is 1. The van der Waals surface area contributed by atoms with Gasteiger partial charge in [-0.25, -0.2) is 9.00 Å². The summed E-state index contributed by atoms with van der Waals surface area (Å²) >= 11 is -2.56. The molecule has 0 bridgehead atoms. The summed E-state index contributed by atoms with van der Waals surface area (Å²) in [6.45, 7) is 0.762.